The van der Waals surface area contributed by atoms with Crippen LogP contribution in [-0.4, -0.2) is 46.9 Å². The standard InChI is InChI=1S/C55H99NO5/c1-4-7-10-13-16-19-21-23-25-26-27-28-29-31-33-36-39-42-45-48-55(60)61-51(46-43-40-37-35-32-30-24-22-20-17-14-11-8-5-2)49-54(59)56-52(50-57)53(58)47-44-41-38-34-18-15-12-9-6-3/h8,11,17,20,23-25,30,35,37,51-53,57-58H,4-7,9-10,12-16,18-19,21-22,26-29,31-34,36,38-50H2,1-3H3,(H,56,59)/b11-8+,20-17+,25-23+,30-24+,37-35+. The molecule has 0 aromatic rings. The van der Waals surface area contributed by atoms with Crippen molar-refractivity contribution in [2.75, 3.05) is 6.61 Å². The number of nitrogens with one attached hydrogen (secondary N) is 1. The summed E-state index contributed by atoms with van der Waals surface area (Å²) in [5.74, 6) is -0.530. The Morgan fingerprint density at radius 1 is 0.492 bits per heavy atom. The lowest BCUT2D eigenvalue weighted by molar-refractivity contribution is -0.151. The molecule has 0 saturated carbocycles. The number of hydrogen-bond donors (Lipinski definition) is 3. The second-order valence-electron chi connectivity index (χ2n) is 17.5. The highest BCUT2D eigenvalue weighted by Gasteiger charge is 2.24. The number of ether oxygens (including phenoxy) is 1. The highest BCUT2D eigenvalue weighted by Crippen LogP contribution is 2.17. The molecule has 0 saturated heterocycles. The van der Waals surface area contributed by atoms with Gasteiger partial charge in [0.15, 0.2) is 0 Å². The van der Waals surface area contributed by atoms with E-state index in [-0.39, 0.29) is 24.9 Å². The van der Waals surface area contributed by atoms with Crippen molar-refractivity contribution in [3.8, 4) is 0 Å². The van der Waals surface area contributed by atoms with Gasteiger partial charge >= 0.3 is 5.97 Å². The molecule has 0 radical (unpaired) electrons. The van der Waals surface area contributed by atoms with Gasteiger partial charge < -0.3 is 20.3 Å². The average molecular weight is 854 g/mol. The van der Waals surface area contributed by atoms with Crippen LogP contribution in [0.15, 0.2) is 60.8 Å². The van der Waals surface area contributed by atoms with Gasteiger partial charge in [0.1, 0.15) is 6.10 Å². The Kier molecular flexibility index (Phi) is 46.6. The van der Waals surface area contributed by atoms with Gasteiger partial charge in [-0.15, -0.1) is 0 Å². The Morgan fingerprint density at radius 2 is 0.902 bits per heavy atom. The van der Waals surface area contributed by atoms with E-state index in [1.165, 1.54) is 128 Å². The third kappa shape index (κ3) is 44.0. The Hall–Kier alpha value is -2.44. The predicted molar refractivity (Wildman–Crippen MR) is 264 cm³/mol. The quantitative estimate of drug-likeness (QED) is 0.0322. The summed E-state index contributed by atoms with van der Waals surface area (Å²) in [4.78, 5) is 26.1. The number of aliphatic hydroxyl groups is 2. The zero-order valence-electron chi connectivity index (χ0n) is 40.3. The molecule has 61 heavy (non-hydrogen) atoms. The van der Waals surface area contributed by atoms with Crippen molar-refractivity contribution in [3.63, 3.8) is 0 Å². The summed E-state index contributed by atoms with van der Waals surface area (Å²) in [5.41, 5.74) is 0. The SMILES string of the molecule is CC/C=C/C/C=C/C/C=C/C/C=C/CCCC(CC(=O)NC(CO)C(O)CCCCCCCCCCC)OC(=O)CCCCCCCCCCC/C=C/CCCCCCCC. The number of carbonyl (C=O) groups excluding carboxylic acids is 2. The first-order valence-electron chi connectivity index (χ1n) is 26.0. The smallest absolute Gasteiger partial charge is 0.306 e. The topological polar surface area (TPSA) is 95.9 Å². The van der Waals surface area contributed by atoms with Gasteiger partial charge in [-0.2, -0.15) is 0 Å². The monoisotopic (exact) mass is 854 g/mol. The molecule has 0 aliphatic heterocycles. The van der Waals surface area contributed by atoms with E-state index in [0.29, 0.717) is 19.3 Å². The van der Waals surface area contributed by atoms with E-state index in [9.17, 15) is 19.8 Å². The summed E-state index contributed by atoms with van der Waals surface area (Å²) in [5, 5.41) is 23.6. The van der Waals surface area contributed by atoms with Crippen molar-refractivity contribution < 1.29 is 24.5 Å². The van der Waals surface area contributed by atoms with Gasteiger partial charge in [0.05, 0.1) is 25.2 Å². The lowest BCUT2D eigenvalue weighted by Gasteiger charge is -2.24. The fraction of sp³-hybridized carbons (Fsp3) is 0.782. The second kappa shape index (κ2) is 48.6. The molecule has 0 fully saturated rings. The molecule has 0 aromatic carbocycles. The van der Waals surface area contributed by atoms with Gasteiger partial charge in [0, 0.05) is 6.42 Å². The molecular formula is C55H99NO5. The first kappa shape index (κ1) is 58.6. The molecule has 6 nitrogen and oxygen atoms in total. The van der Waals surface area contributed by atoms with Crippen molar-refractivity contribution in [2.24, 2.45) is 0 Å². The van der Waals surface area contributed by atoms with E-state index >= 15 is 0 Å². The molecule has 3 N–H and O–H groups in total. The van der Waals surface area contributed by atoms with Crippen LogP contribution in [0.3, 0.4) is 0 Å². The molecule has 1 amide bonds. The Balaban J connectivity index is 4.59. The minimum atomic E-state index is -0.801. The van der Waals surface area contributed by atoms with Crippen LogP contribution in [0.5, 0.6) is 0 Å². The zero-order valence-corrected chi connectivity index (χ0v) is 40.3. The van der Waals surface area contributed by atoms with E-state index in [2.05, 4.69) is 86.8 Å². The predicted octanol–water partition coefficient (Wildman–Crippen LogP) is 15.6. The first-order valence-corrected chi connectivity index (χ1v) is 26.0. The third-order valence-electron chi connectivity index (χ3n) is 11.6. The normalized spacial score (nSPS) is 13.7. The molecular weight excluding hydrogens is 755 g/mol. The first-order chi connectivity index (χ1) is 30.0. The van der Waals surface area contributed by atoms with Gasteiger partial charge in [0.2, 0.25) is 5.91 Å². The molecule has 354 valence electrons. The fourth-order valence-corrected chi connectivity index (χ4v) is 7.66. The van der Waals surface area contributed by atoms with E-state index in [1.54, 1.807) is 0 Å². The Morgan fingerprint density at radius 3 is 1.39 bits per heavy atom. The van der Waals surface area contributed by atoms with Crippen molar-refractivity contribution in [3.05, 3.63) is 60.8 Å². The van der Waals surface area contributed by atoms with Crippen LogP contribution >= 0.6 is 0 Å². The Labute approximate surface area is 378 Å². The van der Waals surface area contributed by atoms with E-state index in [0.717, 1.165) is 77.0 Å². The summed E-state index contributed by atoms with van der Waals surface area (Å²) < 4.78 is 5.91. The molecule has 0 aliphatic rings. The van der Waals surface area contributed by atoms with Crippen molar-refractivity contribution in [1.29, 1.82) is 0 Å². The molecule has 0 aromatic heterocycles. The maximum atomic E-state index is 13.2. The zero-order chi connectivity index (χ0) is 44.5. The number of esters is 1. The van der Waals surface area contributed by atoms with Crippen LogP contribution in [0.1, 0.15) is 252 Å². The maximum absolute atomic E-state index is 13.2. The van der Waals surface area contributed by atoms with Crippen molar-refractivity contribution in [2.45, 2.75) is 270 Å². The molecule has 0 aliphatic carbocycles. The molecule has 0 rings (SSSR count). The van der Waals surface area contributed by atoms with Crippen LogP contribution < -0.4 is 5.32 Å². The number of carbonyl (C=O) groups is 2. The Bertz CT molecular complexity index is 1090. The lowest BCUT2D eigenvalue weighted by Crippen LogP contribution is -2.46. The van der Waals surface area contributed by atoms with Crippen molar-refractivity contribution >= 4 is 11.9 Å². The second-order valence-corrected chi connectivity index (χ2v) is 17.5. The molecule has 6 heteroatoms. The van der Waals surface area contributed by atoms with Crippen LogP contribution in [0.4, 0.5) is 0 Å². The molecule has 3 atom stereocenters. The summed E-state index contributed by atoms with van der Waals surface area (Å²) in [6, 6.07) is -0.719. The lowest BCUT2D eigenvalue weighted by atomic mass is 10.0. The number of amides is 1. The van der Waals surface area contributed by atoms with Gasteiger partial charge in [0.25, 0.3) is 0 Å². The number of unbranched alkanes of at least 4 members (excludes halogenated alkanes) is 24. The van der Waals surface area contributed by atoms with E-state index in [4.69, 9.17) is 4.74 Å². The largest absolute Gasteiger partial charge is 0.462 e. The van der Waals surface area contributed by atoms with E-state index < -0.39 is 18.2 Å². The number of hydrogen-bond acceptors (Lipinski definition) is 5. The van der Waals surface area contributed by atoms with Gasteiger partial charge in [-0.25, -0.2) is 0 Å². The van der Waals surface area contributed by atoms with Gasteiger partial charge in [-0.05, 0) is 83.5 Å². The number of rotatable bonds is 46. The minimum absolute atomic E-state index is 0.0384. The molecule has 0 heterocycles. The third-order valence-corrected chi connectivity index (χ3v) is 11.6. The highest BCUT2D eigenvalue weighted by molar-refractivity contribution is 5.77. The van der Waals surface area contributed by atoms with Crippen LogP contribution in [0.25, 0.3) is 0 Å². The summed E-state index contributed by atoms with van der Waals surface area (Å²) >= 11 is 0. The van der Waals surface area contributed by atoms with Crippen LogP contribution in [0.2, 0.25) is 0 Å². The van der Waals surface area contributed by atoms with E-state index in [1.807, 2.05) is 0 Å². The summed E-state index contributed by atoms with van der Waals surface area (Å²) in [7, 11) is 0. The molecule has 3 unspecified atom stereocenters. The average Bonchev–Trinajstić information content (AvgIpc) is 3.25. The fourth-order valence-electron chi connectivity index (χ4n) is 7.66. The summed E-state index contributed by atoms with van der Waals surface area (Å²) in [6.45, 7) is 6.33. The molecule has 0 spiro atoms. The summed E-state index contributed by atoms with van der Waals surface area (Å²) in [6.07, 6.45) is 60.1. The van der Waals surface area contributed by atoms with Crippen LogP contribution in [-0.2, 0) is 14.3 Å². The number of aliphatic hydroxyl groups excluding tert-OH is 2. The van der Waals surface area contributed by atoms with Gasteiger partial charge in [-0.3, -0.25) is 9.59 Å². The molecule has 0 bridgehead atoms. The van der Waals surface area contributed by atoms with Crippen molar-refractivity contribution in [1.82, 2.24) is 5.32 Å². The number of allylic oxidation sites excluding steroid dienone is 10. The van der Waals surface area contributed by atoms with Gasteiger partial charge in [-0.1, -0.05) is 216 Å². The minimum Gasteiger partial charge on any atom is -0.462 e. The van der Waals surface area contributed by atoms with Crippen LogP contribution in [0, 0.1) is 0 Å². The highest BCUT2D eigenvalue weighted by atomic mass is 16.5. The maximum Gasteiger partial charge on any atom is 0.306 e.